The molecule has 4 aliphatic rings. The van der Waals surface area contributed by atoms with Crippen molar-refractivity contribution in [2.75, 3.05) is 11.4 Å². The summed E-state index contributed by atoms with van der Waals surface area (Å²) in [6.45, 7) is 30.1. The molecule has 0 saturated heterocycles. The van der Waals surface area contributed by atoms with Crippen LogP contribution in [0.4, 0.5) is 5.69 Å². The van der Waals surface area contributed by atoms with Gasteiger partial charge >= 0.3 is 0 Å². The summed E-state index contributed by atoms with van der Waals surface area (Å²) in [5.41, 5.74) is 13.4. The van der Waals surface area contributed by atoms with Gasteiger partial charge in [0, 0.05) is 29.5 Å². The third-order valence-corrected chi connectivity index (χ3v) is 12.2. The summed E-state index contributed by atoms with van der Waals surface area (Å²) < 4.78 is 0. The minimum absolute atomic E-state index is 0.180. The van der Waals surface area contributed by atoms with Crippen molar-refractivity contribution in [3.63, 3.8) is 0 Å². The quantitative estimate of drug-likeness (QED) is 0.0850. The number of benzene rings is 3. The van der Waals surface area contributed by atoms with E-state index in [2.05, 4.69) is 199 Å². The van der Waals surface area contributed by atoms with Crippen LogP contribution in [0, 0.1) is 25.7 Å². The summed E-state index contributed by atoms with van der Waals surface area (Å²) in [5, 5.41) is 0. The number of hydrogen-bond donors (Lipinski definition) is 0. The third-order valence-electron chi connectivity index (χ3n) is 12.2. The van der Waals surface area contributed by atoms with E-state index in [9.17, 15) is 0 Å². The summed E-state index contributed by atoms with van der Waals surface area (Å²) in [6.07, 6.45) is 41.7. The Labute approximate surface area is 394 Å². The topological polar surface area (TPSA) is 28.0 Å². The van der Waals surface area contributed by atoms with E-state index in [1.807, 2.05) is 57.2 Å². The molecule has 0 aromatic heterocycles. The number of allylic oxidation sites excluding steroid dienone is 19. The first-order valence-electron chi connectivity index (χ1n) is 23.9. The molecule has 0 amide bonds. The summed E-state index contributed by atoms with van der Waals surface area (Å²) >= 11 is 0. The van der Waals surface area contributed by atoms with Crippen molar-refractivity contribution < 1.29 is 0 Å². The molecule has 3 aromatic rings. The molecule has 0 radical (unpaired) electrons. The van der Waals surface area contributed by atoms with E-state index in [1.165, 1.54) is 57.5 Å². The van der Waals surface area contributed by atoms with Crippen molar-refractivity contribution in [3.8, 4) is 0 Å². The lowest BCUT2D eigenvalue weighted by atomic mass is 9.75. The van der Waals surface area contributed by atoms with Crippen molar-refractivity contribution in [2.45, 2.75) is 99.3 Å². The highest BCUT2D eigenvalue weighted by molar-refractivity contribution is 6.11. The highest BCUT2D eigenvalue weighted by Crippen LogP contribution is 2.54. The fourth-order valence-electron chi connectivity index (χ4n) is 8.25. The van der Waals surface area contributed by atoms with E-state index >= 15 is 0 Å². The summed E-state index contributed by atoms with van der Waals surface area (Å²) in [5.74, 6) is 2.17. The number of hydrogen-bond acceptors (Lipinski definition) is 3. The van der Waals surface area contributed by atoms with Crippen molar-refractivity contribution in [2.24, 2.45) is 21.8 Å². The van der Waals surface area contributed by atoms with E-state index in [4.69, 9.17) is 9.98 Å². The van der Waals surface area contributed by atoms with E-state index in [-0.39, 0.29) is 17.8 Å². The molecule has 0 saturated carbocycles. The van der Waals surface area contributed by atoms with Crippen LogP contribution in [0.2, 0.25) is 0 Å². The number of rotatable bonds is 15. The molecule has 0 bridgehead atoms. The summed E-state index contributed by atoms with van der Waals surface area (Å²) in [6, 6.07) is 25.8. The lowest BCUT2D eigenvalue weighted by Gasteiger charge is -2.31. The van der Waals surface area contributed by atoms with Crippen LogP contribution in [0.1, 0.15) is 107 Å². The van der Waals surface area contributed by atoms with E-state index in [1.54, 1.807) is 0 Å². The third kappa shape index (κ3) is 14.6. The fourth-order valence-corrected chi connectivity index (χ4v) is 8.25. The van der Waals surface area contributed by atoms with Gasteiger partial charge in [0.25, 0.3) is 0 Å². The molecule has 4 atom stereocenters. The Kier molecular flexibility index (Phi) is 21.9. The van der Waals surface area contributed by atoms with Crippen molar-refractivity contribution in [3.05, 3.63) is 245 Å². The number of anilines is 1. The summed E-state index contributed by atoms with van der Waals surface area (Å²) in [4.78, 5) is 12.2. The van der Waals surface area contributed by atoms with Gasteiger partial charge in [0.15, 0.2) is 0 Å². The number of aryl methyl sites for hydroxylation is 3. The average molecular weight is 862 g/mol. The van der Waals surface area contributed by atoms with Crippen LogP contribution < -0.4 is 4.90 Å². The molecule has 1 heterocycles. The normalized spacial score (nSPS) is 18.1. The van der Waals surface area contributed by atoms with Gasteiger partial charge in [0.2, 0.25) is 0 Å². The van der Waals surface area contributed by atoms with Crippen LogP contribution in [0.3, 0.4) is 0 Å². The maximum atomic E-state index is 5.15. The molecule has 3 aliphatic carbocycles. The lowest BCUT2D eigenvalue weighted by molar-refractivity contribution is 0.481. The molecule has 0 N–H and O–H groups in total. The first-order valence-corrected chi connectivity index (χ1v) is 23.9. The van der Waals surface area contributed by atoms with Gasteiger partial charge < -0.3 is 0 Å². The molecule has 338 valence electrons. The highest BCUT2D eigenvalue weighted by Gasteiger charge is 2.42. The van der Waals surface area contributed by atoms with Crippen LogP contribution in [0.25, 0.3) is 0 Å². The second-order valence-corrected chi connectivity index (χ2v) is 16.5. The highest BCUT2D eigenvalue weighted by atomic mass is 15.3. The molecule has 65 heavy (non-hydrogen) atoms. The van der Waals surface area contributed by atoms with Gasteiger partial charge in [-0.15, -0.1) is 6.58 Å². The Morgan fingerprint density at radius 2 is 1.65 bits per heavy atom. The molecule has 0 fully saturated rings. The molecular weight excluding hydrogens is 787 g/mol. The molecule has 3 aromatic carbocycles. The van der Waals surface area contributed by atoms with Gasteiger partial charge in [0.1, 0.15) is 5.82 Å². The van der Waals surface area contributed by atoms with Gasteiger partial charge in [-0.1, -0.05) is 211 Å². The molecule has 3 heteroatoms. The maximum Gasteiger partial charge on any atom is 0.138 e. The van der Waals surface area contributed by atoms with Gasteiger partial charge in [-0.25, -0.2) is 4.99 Å². The van der Waals surface area contributed by atoms with Crippen LogP contribution >= 0.6 is 0 Å². The molecule has 7 rings (SSSR count). The second-order valence-electron chi connectivity index (χ2n) is 16.5. The molecule has 4 unspecified atom stereocenters. The predicted molar refractivity (Wildman–Crippen MR) is 288 cm³/mol. The van der Waals surface area contributed by atoms with E-state index in [0.29, 0.717) is 12.5 Å². The zero-order chi connectivity index (χ0) is 47.0. The standard InChI is InChI=1S/C44H49N3.C9H12.C7H8.C2H6/c1-7-11-20-35(10-4)40(46-31-33-18-14-12-13-15-19-33)30-43(45-6)47-41-28-26-36-21-16-17-22-38(36)44(41)39-27-25-37(29-42(39)47)34(9-3)24-23-32(5)8-2;1-3-9-7-5-4-6-8(9)2;1-7-5-3-2-4-6-7;1-2/h7,9-14,16-22,25-30,32,34,38,44H,3-4,6,8,15,23-24,31H2,1-2,5H3;4-7H,3H2,1-2H3;2-6H,1H3;1-2H3/b11-7-,35-20+,43-30+,46-40?;;;. The van der Waals surface area contributed by atoms with Crippen LogP contribution in [0.5, 0.6) is 0 Å². The minimum Gasteiger partial charge on any atom is -0.298 e. The van der Waals surface area contributed by atoms with Crippen LogP contribution in [-0.4, -0.2) is 19.0 Å². The SMILES string of the molecule is C=C/C(=C\C=C/C)C(/C=C(\N=C)N1C2=CC=C3C=CC=CC3C2c2ccc(C(C=C)CCC(C)CC)cc21)=NCC1=CCC=CC=C1.CC.CCc1ccccc1C.Cc1ccccc1. The first-order chi connectivity index (χ1) is 31.8. The van der Waals surface area contributed by atoms with Gasteiger partial charge in [-0.05, 0) is 110 Å². The van der Waals surface area contributed by atoms with Crippen LogP contribution in [0.15, 0.2) is 227 Å². The Balaban J connectivity index is 0.000000426. The number of aliphatic imine (C=N–C) groups is 2. The lowest BCUT2D eigenvalue weighted by Crippen LogP contribution is -2.24. The average Bonchev–Trinajstić information content (AvgIpc) is 3.45. The maximum absolute atomic E-state index is 5.15. The molecule has 1 aliphatic heterocycles. The Morgan fingerprint density at radius 3 is 2.29 bits per heavy atom. The summed E-state index contributed by atoms with van der Waals surface area (Å²) in [7, 11) is 0. The van der Waals surface area contributed by atoms with Crippen LogP contribution in [-0.2, 0) is 6.42 Å². The fraction of sp³-hybridized carbons (Fsp3) is 0.290. The molecule has 3 nitrogen and oxygen atoms in total. The van der Waals surface area contributed by atoms with Gasteiger partial charge in [0.05, 0.1) is 17.9 Å². The Morgan fingerprint density at radius 1 is 0.892 bits per heavy atom. The largest absolute Gasteiger partial charge is 0.298 e. The van der Waals surface area contributed by atoms with Gasteiger partial charge in [-0.2, -0.15) is 0 Å². The van der Waals surface area contributed by atoms with Crippen molar-refractivity contribution in [1.82, 2.24) is 0 Å². The monoisotopic (exact) mass is 862 g/mol. The predicted octanol–water partition coefficient (Wildman–Crippen LogP) is 16.9. The van der Waals surface area contributed by atoms with E-state index < -0.39 is 0 Å². The van der Waals surface area contributed by atoms with Crippen molar-refractivity contribution in [1.29, 1.82) is 0 Å². The van der Waals surface area contributed by atoms with Gasteiger partial charge in [-0.3, -0.25) is 9.89 Å². The Bertz CT molecular complexity index is 2380. The zero-order valence-corrected chi connectivity index (χ0v) is 40.8. The smallest absolute Gasteiger partial charge is 0.138 e. The Hall–Kier alpha value is -6.32. The van der Waals surface area contributed by atoms with E-state index in [0.717, 1.165) is 42.1 Å². The second kappa shape index (κ2) is 27.8. The zero-order valence-electron chi connectivity index (χ0n) is 40.8. The number of fused-ring (bicyclic) bond motifs is 5. The number of nitrogens with zero attached hydrogens (tertiary/aromatic N) is 3. The molecular formula is C62H75N3. The minimum atomic E-state index is 0.180. The first kappa shape index (κ1) is 51.3. The van der Waals surface area contributed by atoms with Crippen molar-refractivity contribution >= 4 is 18.1 Å². The molecule has 0 spiro atoms.